The maximum atomic E-state index is 14.0. The number of primary amides is 1. The summed E-state index contributed by atoms with van der Waals surface area (Å²) in [5.74, 6) is -3.45. The SMILES string of the molecule is NC(=O)CNC(=O)[C@@H](CCCCCC(=O)[C@@H](CCCCNC(=O)[C@H]([NH3+])CCC[NH+]=C(N)N)NC(=O)[C@H]([NH3+])CCC[NH+]=C(N)N)NC(=O)[C@@H](CCCCNC(=O)[C@H]([NH3+])CCC[NH+]=C(N)N)NC(=O)[C@H]([NH3+])CCC[NH+]=C(N)N. The van der Waals surface area contributed by atoms with Gasteiger partial charge in [0.1, 0.15) is 12.1 Å². The Kier molecular flexibility index (Phi) is 37.3. The zero-order chi connectivity index (χ0) is 57.4. The lowest BCUT2D eigenvalue weighted by atomic mass is 9.98. The largest absolute Gasteiger partial charge is 0.368 e. The molecule has 0 aromatic rings. The molecule has 0 bridgehead atoms. The van der Waals surface area contributed by atoms with E-state index in [1.807, 2.05) is 0 Å². The molecule has 0 aliphatic carbocycles. The Hall–Kier alpha value is -7.12. The molecule has 31 nitrogen and oxygen atoms in total. The molecule has 31 heteroatoms. The molecule has 0 aliphatic rings. The quantitative estimate of drug-likeness (QED) is 0.0153. The van der Waals surface area contributed by atoms with Crippen molar-refractivity contribution in [2.75, 3.05) is 45.8 Å². The van der Waals surface area contributed by atoms with Crippen LogP contribution in [0.25, 0.3) is 0 Å². The molecule has 0 radical (unpaired) electrons. The molecule has 0 unspecified atom stereocenters. The van der Waals surface area contributed by atoms with E-state index in [0.717, 1.165) is 0 Å². The maximum Gasteiger partial charge on any atom is 0.338 e. The molecule has 0 aliphatic heterocycles. The molecule has 0 saturated carbocycles. The number of quaternary nitrogens is 4. The van der Waals surface area contributed by atoms with Crippen LogP contribution in [0.3, 0.4) is 0 Å². The fourth-order valence-corrected chi connectivity index (χ4v) is 7.51. The molecule has 7 amide bonds. The molecule has 0 saturated heterocycles. The Bertz CT molecular complexity index is 1900. The number of nitrogens with one attached hydrogen (secondary N) is 10. The second-order valence-electron chi connectivity index (χ2n) is 18.9. The van der Waals surface area contributed by atoms with E-state index in [1.165, 1.54) is 0 Å². The minimum atomic E-state index is -1.16. The van der Waals surface area contributed by atoms with Gasteiger partial charge in [-0.2, -0.15) is 0 Å². The molecule has 0 aromatic heterocycles. The molecular formula is C45H99N23O8+8. The number of hydrogen-bond acceptors (Lipinski definition) is 8. The van der Waals surface area contributed by atoms with Gasteiger partial charge in [-0.25, -0.2) is 0 Å². The Labute approximate surface area is 444 Å². The molecule has 0 heterocycles. The van der Waals surface area contributed by atoms with Crippen LogP contribution >= 0.6 is 0 Å². The monoisotopic (exact) mass is 1090 g/mol. The van der Waals surface area contributed by atoms with Gasteiger partial charge in [-0.1, -0.05) is 12.8 Å². The standard InChI is InChI=1S/C45H91N23O8/c46-27(12-8-22-61-42(51)52)36(71)59-20-6-4-16-31(66-38(73)29(48)14-10-24-63-44(55)56)34(69)19-3-1-2-17-32(40(75)65-26-35(50)70)68-41(76)33(67-39(74)30(49)15-11-25-64-45(57)58)18-5-7-21-60-37(72)28(47)13-9-23-62-43(53)54/h27-33H,1-26,46-49H2,(H2,50,70)(H,59,71)(H,60,72)(H,65,75)(H,66,73)(H,67,74)(H,68,76)(H4,51,52,61)(H4,53,54,62)(H4,55,56,63)(H4,57,58,64)/p+8/t27-,28-,29-,30-,31-,32-,33-/m1/s1. The van der Waals surface area contributed by atoms with Crippen LogP contribution in [0.15, 0.2) is 0 Å². The van der Waals surface area contributed by atoms with E-state index in [1.54, 1.807) is 0 Å². The number of hydrogen-bond donors (Lipinski definition) is 23. The molecule has 0 rings (SSSR count). The van der Waals surface area contributed by atoms with Crippen LogP contribution in [-0.2, 0) is 38.4 Å². The van der Waals surface area contributed by atoms with Gasteiger partial charge in [0, 0.05) is 45.2 Å². The van der Waals surface area contributed by atoms with E-state index in [4.69, 9.17) is 51.6 Å². The number of rotatable bonds is 44. The van der Waals surface area contributed by atoms with Crippen molar-refractivity contribution in [2.24, 2.45) is 51.6 Å². The van der Waals surface area contributed by atoms with Gasteiger partial charge in [-0.3, -0.25) is 104 Å². The normalized spacial score (nSPS) is 13.6. The van der Waals surface area contributed by atoms with Crippen molar-refractivity contribution in [1.29, 1.82) is 0 Å². The second kappa shape index (κ2) is 41.2. The number of amides is 7. The average molecular weight is 1090 g/mol. The van der Waals surface area contributed by atoms with Gasteiger partial charge in [0.25, 0.3) is 23.6 Å². The summed E-state index contributed by atoms with van der Waals surface area (Å²) in [6.45, 7) is 1.95. The predicted molar refractivity (Wildman–Crippen MR) is 280 cm³/mol. The van der Waals surface area contributed by atoms with E-state index in [9.17, 15) is 38.4 Å². The Balaban J connectivity index is 5.90. The zero-order valence-corrected chi connectivity index (χ0v) is 44.7. The minimum Gasteiger partial charge on any atom is -0.368 e. The van der Waals surface area contributed by atoms with Gasteiger partial charge in [-0.15, -0.1) is 0 Å². The van der Waals surface area contributed by atoms with Gasteiger partial charge in [-0.05, 0) is 77.0 Å². The van der Waals surface area contributed by atoms with Crippen molar-refractivity contribution in [1.82, 2.24) is 31.9 Å². The van der Waals surface area contributed by atoms with Crippen molar-refractivity contribution in [2.45, 2.75) is 164 Å². The highest BCUT2D eigenvalue weighted by Gasteiger charge is 2.30. The van der Waals surface area contributed by atoms with Crippen LogP contribution in [0.4, 0.5) is 0 Å². The number of Topliss-reactive ketones (excluding diaryl/α,β-unsaturated/α-hetero) is 1. The summed E-state index contributed by atoms with van der Waals surface area (Å²) >= 11 is 0. The highest BCUT2D eigenvalue weighted by molar-refractivity contribution is 5.94. The lowest BCUT2D eigenvalue weighted by Gasteiger charge is -2.24. The van der Waals surface area contributed by atoms with Crippen molar-refractivity contribution in [3.8, 4) is 0 Å². The van der Waals surface area contributed by atoms with Gasteiger partial charge in [0.05, 0.1) is 38.8 Å². The summed E-state index contributed by atoms with van der Waals surface area (Å²) in [6, 6.07) is -5.53. The molecule has 0 spiro atoms. The Morgan fingerprint density at radius 1 is 0.342 bits per heavy atom. The second-order valence-corrected chi connectivity index (χ2v) is 18.9. The third-order valence-electron chi connectivity index (χ3n) is 12.0. The molecular weight excluding hydrogens is 991 g/mol. The van der Waals surface area contributed by atoms with E-state index < -0.39 is 78.4 Å². The summed E-state index contributed by atoms with van der Waals surface area (Å²) < 4.78 is 0. The first-order valence-electron chi connectivity index (χ1n) is 26.3. The number of nitrogens with two attached hydrogens (primary N) is 9. The highest BCUT2D eigenvalue weighted by atomic mass is 16.2. The van der Waals surface area contributed by atoms with Crippen LogP contribution in [-0.4, -0.2) is 159 Å². The summed E-state index contributed by atoms with van der Waals surface area (Å²) in [4.78, 5) is 116. The zero-order valence-electron chi connectivity index (χ0n) is 44.7. The fourth-order valence-electron chi connectivity index (χ4n) is 7.51. The third kappa shape index (κ3) is 35.9. The van der Waals surface area contributed by atoms with Crippen molar-refractivity contribution in [3.63, 3.8) is 0 Å². The average Bonchev–Trinajstić information content (AvgIpc) is 3.35. The first-order chi connectivity index (χ1) is 35.9. The van der Waals surface area contributed by atoms with Crippen LogP contribution in [0, 0.1) is 0 Å². The van der Waals surface area contributed by atoms with Gasteiger partial charge < -0.3 is 60.6 Å². The lowest BCUT2D eigenvalue weighted by molar-refractivity contribution is -0.463. The van der Waals surface area contributed by atoms with Crippen molar-refractivity contribution in [3.05, 3.63) is 0 Å². The van der Waals surface area contributed by atoms with Gasteiger partial charge in [0.15, 0.2) is 30.0 Å². The Morgan fingerprint density at radius 3 is 1.05 bits per heavy atom. The van der Waals surface area contributed by atoms with Crippen LogP contribution < -0.4 is 126 Å². The molecule has 7 atom stereocenters. The first-order valence-corrected chi connectivity index (χ1v) is 26.3. The highest BCUT2D eigenvalue weighted by Crippen LogP contribution is 2.12. The number of ketones is 1. The van der Waals surface area contributed by atoms with Crippen LogP contribution in [0.5, 0.6) is 0 Å². The minimum absolute atomic E-state index is 0.0324. The summed E-state index contributed by atoms with van der Waals surface area (Å²) in [6.07, 6.45) is 7.67. The number of unbranched alkanes of at least 4 members (excludes halogenated alkanes) is 4. The molecule has 0 aromatic carbocycles. The number of carbonyl (C=O) groups is 8. The molecule has 40 N–H and O–H groups in total. The summed E-state index contributed by atoms with van der Waals surface area (Å²) in [5.41, 5.74) is 64.5. The van der Waals surface area contributed by atoms with E-state index >= 15 is 0 Å². The molecule has 0 fully saturated rings. The van der Waals surface area contributed by atoms with Gasteiger partial charge >= 0.3 is 23.8 Å². The third-order valence-corrected chi connectivity index (χ3v) is 12.0. The maximum absolute atomic E-state index is 14.0. The molecule has 76 heavy (non-hydrogen) atoms. The fraction of sp³-hybridized carbons (Fsp3) is 0.733. The smallest absolute Gasteiger partial charge is 0.338 e. The van der Waals surface area contributed by atoms with Crippen molar-refractivity contribution < 1.29 is 81.3 Å². The van der Waals surface area contributed by atoms with Crippen LogP contribution in [0.1, 0.15) is 122 Å². The topological polar surface area (TPSA) is 609 Å². The van der Waals surface area contributed by atoms with E-state index in [0.29, 0.717) is 135 Å². The molecule has 434 valence electrons. The van der Waals surface area contributed by atoms with E-state index in [-0.39, 0.29) is 67.2 Å². The van der Waals surface area contributed by atoms with Crippen LogP contribution in [0.2, 0.25) is 0 Å². The number of carbonyl (C=O) groups excluding carboxylic acids is 8. The van der Waals surface area contributed by atoms with Gasteiger partial charge in [0.2, 0.25) is 17.7 Å². The first kappa shape index (κ1) is 68.9. The number of guanidine groups is 4. The Morgan fingerprint density at radius 2 is 0.671 bits per heavy atom. The summed E-state index contributed by atoms with van der Waals surface area (Å²) in [5, 5.41) is 16.5. The lowest BCUT2D eigenvalue weighted by Crippen LogP contribution is -2.78. The van der Waals surface area contributed by atoms with Crippen molar-refractivity contribution >= 4 is 71.0 Å². The predicted octanol–water partition coefficient (Wildman–Crippen LogP) is -17.9. The van der Waals surface area contributed by atoms with E-state index in [2.05, 4.69) is 74.8 Å². The summed E-state index contributed by atoms with van der Waals surface area (Å²) in [7, 11) is 0.